The number of amides is 1. The van der Waals surface area contributed by atoms with Gasteiger partial charge < -0.3 is 19.5 Å². The van der Waals surface area contributed by atoms with E-state index in [0.29, 0.717) is 5.56 Å². The van der Waals surface area contributed by atoms with Gasteiger partial charge in [0.15, 0.2) is 11.5 Å². The summed E-state index contributed by atoms with van der Waals surface area (Å²) in [4.78, 5) is 11.4. The largest absolute Gasteiger partial charge is 0.586 e. The molecule has 1 aromatic rings. The van der Waals surface area contributed by atoms with Gasteiger partial charge in [0.25, 0.3) is 0 Å². The first kappa shape index (κ1) is 13.0. The number of carbonyl (C=O) groups excluding carboxylic acids is 1. The molecule has 0 spiro atoms. The van der Waals surface area contributed by atoms with E-state index in [1.807, 2.05) is 13.8 Å². The molecular weight excluding hydrogens is 272 g/mol. The van der Waals surface area contributed by atoms with Gasteiger partial charge in [-0.25, -0.2) is 4.79 Å². The van der Waals surface area contributed by atoms with Gasteiger partial charge in [-0.1, -0.05) is 26.0 Å². The van der Waals surface area contributed by atoms with E-state index in [2.05, 4.69) is 14.8 Å². The van der Waals surface area contributed by atoms with Crippen molar-refractivity contribution >= 4 is 6.09 Å². The van der Waals surface area contributed by atoms with Crippen molar-refractivity contribution in [2.75, 3.05) is 6.61 Å². The molecule has 0 radical (unpaired) electrons. The van der Waals surface area contributed by atoms with E-state index in [1.54, 1.807) is 12.1 Å². The summed E-state index contributed by atoms with van der Waals surface area (Å²) in [5.74, 6) is -0.0817. The second-order valence-corrected chi connectivity index (χ2v) is 5.48. The second kappa shape index (κ2) is 3.97. The summed E-state index contributed by atoms with van der Waals surface area (Å²) in [6.45, 7) is 3.92. The Bertz CT molecular complexity index is 573. The van der Waals surface area contributed by atoms with Crippen molar-refractivity contribution in [1.29, 1.82) is 0 Å². The van der Waals surface area contributed by atoms with Crippen molar-refractivity contribution in [2.45, 2.75) is 26.2 Å². The Balaban J connectivity index is 2.03. The van der Waals surface area contributed by atoms with Crippen LogP contribution in [0.25, 0.3) is 0 Å². The zero-order valence-corrected chi connectivity index (χ0v) is 10.9. The van der Waals surface area contributed by atoms with Crippen LogP contribution < -0.4 is 14.8 Å². The Morgan fingerprint density at radius 3 is 2.80 bits per heavy atom. The zero-order chi connectivity index (χ0) is 14.5. The number of halogens is 2. The molecule has 5 nitrogen and oxygen atoms in total. The number of ether oxygens (including phenoxy) is 3. The maximum Gasteiger partial charge on any atom is 0.586 e. The molecule has 1 saturated heterocycles. The summed E-state index contributed by atoms with van der Waals surface area (Å²) in [7, 11) is 0. The van der Waals surface area contributed by atoms with Crippen LogP contribution in [0, 0.1) is 5.41 Å². The summed E-state index contributed by atoms with van der Waals surface area (Å²) in [6, 6.07) is 4.10. The van der Waals surface area contributed by atoms with Gasteiger partial charge in [0.2, 0.25) is 0 Å². The third kappa shape index (κ3) is 2.03. The number of alkyl halides is 2. The number of para-hydroxylation sites is 1. The van der Waals surface area contributed by atoms with E-state index in [0.717, 1.165) is 0 Å². The Kier molecular flexibility index (Phi) is 2.57. The molecule has 108 valence electrons. The predicted octanol–water partition coefficient (Wildman–Crippen LogP) is 2.82. The molecule has 0 bridgehead atoms. The molecule has 2 aliphatic heterocycles. The first-order valence-corrected chi connectivity index (χ1v) is 6.10. The van der Waals surface area contributed by atoms with Gasteiger partial charge >= 0.3 is 12.4 Å². The monoisotopic (exact) mass is 285 g/mol. The fraction of sp³-hybridized carbons (Fsp3) is 0.462. The Labute approximate surface area is 113 Å². The Hall–Kier alpha value is -2.05. The summed E-state index contributed by atoms with van der Waals surface area (Å²) >= 11 is 0. The molecule has 2 heterocycles. The molecule has 1 N–H and O–H groups in total. The Morgan fingerprint density at radius 2 is 2.05 bits per heavy atom. The third-order valence-corrected chi connectivity index (χ3v) is 3.39. The molecule has 1 atom stereocenters. The maximum atomic E-state index is 13.2. The molecule has 0 unspecified atom stereocenters. The second-order valence-electron chi connectivity index (χ2n) is 5.48. The number of nitrogens with one attached hydrogen (secondary N) is 1. The number of cyclic esters (lactones) is 1. The molecule has 0 aromatic heterocycles. The average molecular weight is 285 g/mol. The summed E-state index contributed by atoms with van der Waals surface area (Å²) in [5, 5.41) is 2.64. The van der Waals surface area contributed by atoms with Crippen molar-refractivity contribution in [3.63, 3.8) is 0 Å². The molecule has 1 amide bonds. The molecular formula is C13H13F2NO4. The van der Waals surface area contributed by atoms with Crippen LogP contribution in [0.1, 0.15) is 25.5 Å². The van der Waals surface area contributed by atoms with E-state index in [9.17, 15) is 13.6 Å². The van der Waals surface area contributed by atoms with Crippen LogP contribution in [0.15, 0.2) is 18.2 Å². The lowest BCUT2D eigenvalue weighted by Crippen LogP contribution is -2.47. The number of alkyl carbamates (subject to hydrolysis) is 1. The van der Waals surface area contributed by atoms with Crippen molar-refractivity contribution < 1.29 is 27.8 Å². The summed E-state index contributed by atoms with van der Waals surface area (Å²) in [5.41, 5.74) is -0.0223. The first-order valence-electron chi connectivity index (χ1n) is 6.10. The minimum Gasteiger partial charge on any atom is -0.449 e. The topological polar surface area (TPSA) is 56.8 Å². The molecule has 0 aliphatic carbocycles. The van der Waals surface area contributed by atoms with E-state index in [4.69, 9.17) is 4.74 Å². The van der Waals surface area contributed by atoms with Crippen LogP contribution >= 0.6 is 0 Å². The predicted molar refractivity (Wildman–Crippen MR) is 63.7 cm³/mol. The molecule has 1 fully saturated rings. The number of fused-ring (bicyclic) bond motifs is 1. The smallest absolute Gasteiger partial charge is 0.449 e. The molecule has 20 heavy (non-hydrogen) atoms. The van der Waals surface area contributed by atoms with E-state index in [1.165, 1.54) is 6.07 Å². The Morgan fingerprint density at radius 1 is 1.30 bits per heavy atom. The molecule has 2 aliphatic rings. The van der Waals surface area contributed by atoms with Crippen molar-refractivity contribution in [2.24, 2.45) is 5.41 Å². The number of benzene rings is 1. The SMILES string of the molecule is CC1(C)COC(=O)N[C@H]1c1cccc2c1OC(F)(F)O2. The third-order valence-electron chi connectivity index (χ3n) is 3.39. The minimum atomic E-state index is -3.68. The van der Waals surface area contributed by atoms with Gasteiger partial charge in [0, 0.05) is 11.0 Å². The van der Waals surface area contributed by atoms with Crippen LogP contribution in [-0.4, -0.2) is 19.0 Å². The van der Waals surface area contributed by atoms with Crippen LogP contribution in [0.3, 0.4) is 0 Å². The van der Waals surface area contributed by atoms with Gasteiger partial charge in [-0.05, 0) is 6.07 Å². The number of carbonyl (C=O) groups is 1. The lowest BCUT2D eigenvalue weighted by molar-refractivity contribution is -0.287. The van der Waals surface area contributed by atoms with Gasteiger partial charge in [0.1, 0.15) is 6.61 Å². The number of hydrogen-bond donors (Lipinski definition) is 1. The van der Waals surface area contributed by atoms with Crippen LogP contribution in [0.5, 0.6) is 11.5 Å². The number of hydrogen-bond acceptors (Lipinski definition) is 4. The lowest BCUT2D eigenvalue weighted by Gasteiger charge is -2.38. The highest BCUT2D eigenvalue weighted by Gasteiger charge is 2.47. The minimum absolute atomic E-state index is 0.0379. The lowest BCUT2D eigenvalue weighted by atomic mass is 9.80. The van der Waals surface area contributed by atoms with E-state index >= 15 is 0 Å². The highest BCUT2D eigenvalue weighted by Crippen LogP contribution is 2.48. The standard InChI is InChI=1S/C13H13F2NO4/c1-12(2)6-18-11(17)16-10(12)7-4-3-5-8-9(7)20-13(14,15)19-8/h3-5,10H,6H2,1-2H3,(H,16,17)/t10-/m0/s1. The highest BCUT2D eigenvalue weighted by atomic mass is 19.3. The zero-order valence-electron chi connectivity index (χ0n) is 10.9. The first-order chi connectivity index (χ1) is 9.28. The van der Waals surface area contributed by atoms with Crippen LogP contribution in [-0.2, 0) is 4.74 Å². The summed E-state index contributed by atoms with van der Waals surface area (Å²) < 4.78 is 40.3. The maximum absolute atomic E-state index is 13.2. The average Bonchev–Trinajstić information content (AvgIpc) is 2.66. The van der Waals surface area contributed by atoms with Gasteiger partial charge in [0.05, 0.1) is 6.04 Å². The fourth-order valence-electron chi connectivity index (χ4n) is 2.41. The van der Waals surface area contributed by atoms with Crippen LogP contribution in [0.2, 0.25) is 0 Å². The quantitative estimate of drug-likeness (QED) is 0.862. The molecule has 7 heteroatoms. The molecule has 3 rings (SSSR count). The van der Waals surface area contributed by atoms with Crippen molar-refractivity contribution in [3.05, 3.63) is 23.8 Å². The van der Waals surface area contributed by atoms with Crippen molar-refractivity contribution in [3.8, 4) is 11.5 Å². The molecule has 0 saturated carbocycles. The van der Waals surface area contributed by atoms with E-state index < -0.39 is 23.8 Å². The highest BCUT2D eigenvalue weighted by molar-refractivity contribution is 5.69. The van der Waals surface area contributed by atoms with Gasteiger partial charge in [-0.3, -0.25) is 0 Å². The van der Waals surface area contributed by atoms with Gasteiger partial charge in [-0.2, -0.15) is 0 Å². The van der Waals surface area contributed by atoms with Crippen molar-refractivity contribution in [1.82, 2.24) is 5.32 Å². The summed E-state index contributed by atoms with van der Waals surface area (Å²) in [6.07, 6.45) is -4.27. The molecule has 1 aromatic carbocycles. The fourth-order valence-corrected chi connectivity index (χ4v) is 2.41. The van der Waals surface area contributed by atoms with E-state index in [-0.39, 0.29) is 18.1 Å². The normalized spacial score (nSPS) is 25.8. The van der Waals surface area contributed by atoms with Crippen LogP contribution in [0.4, 0.5) is 13.6 Å². The van der Waals surface area contributed by atoms with Gasteiger partial charge in [-0.15, -0.1) is 8.78 Å². The number of rotatable bonds is 1.